The molecule has 0 spiro atoms. The zero-order valence-electron chi connectivity index (χ0n) is 4.28. The molecule has 0 rings (SSSR count). The average molecular weight is 162 g/mol. The first-order valence-electron chi connectivity index (χ1n) is 1.24. The molecule has 0 aliphatic rings. The Balaban J connectivity index is -0.0000000575. The first-order chi connectivity index (χ1) is 3.15. The molecule has 1 nitrogen and oxygen atoms in total. The first kappa shape index (κ1) is 16.1. The van der Waals surface area contributed by atoms with Gasteiger partial charge >= 0.3 is 29.6 Å². The van der Waals surface area contributed by atoms with E-state index in [0.717, 1.165) is 0 Å². The van der Waals surface area contributed by atoms with E-state index in [4.69, 9.17) is 28.5 Å². The largest absolute Gasteiger partial charge is 1.00 e. The van der Waals surface area contributed by atoms with E-state index < -0.39 is 0 Å². The molecule has 0 saturated carbocycles. The normalized spacial score (nSPS) is 5.50. The van der Waals surface area contributed by atoms with Gasteiger partial charge in [-0.05, 0) is 6.92 Å². The molecule has 5 heteroatoms. The third-order valence-electron chi connectivity index (χ3n) is 0. The van der Waals surface area contributed by atoms with Gasteiger partial charge in [-0.1, -0.05) is 0 Å². The van der Waals surface area contributed by atoms with Crippen LogP contribution in [0.2, 0.25) is 0 Å². The van der Waals surface area contributed by atoms with Gasteiger partial charge in [-0.15, -0.1) is 23.2 Å². The van der Waals surface area contributed by atoms with Gasteiger partial charge in [0.15, 0.2) is 0 Å². The Morgan fingerprint density at radius 3 is 1.62 bits per heavy atom. The summed E-state index contributed by atoms with van der Waals surface area (Å²) in [7, 11) is 0.0694. The molecule has 0 saturated heterocycles. The maximum Gasteiger partial charge on any atom is 1.00 e. The summed E-state index contributed by atoms with van der Waals surface area (Å²) in [6, 6.07) is 0. The summed E-state index contributed by atoms with van der Waals surface area (Å²) in [5.41, 5.74) is 0. The Morgan fingerprint density at radius 2 is 1.62 bits per heavy atom. The second-order valence-electron chi connectivity index (χ2n) is 0.519. The third-order valence-corrected chi connectivity index (χ3v) is 0. The van der Waals surface area contributed by atoms with E-state index in [1.807, 2.05) is 5.97 Å². The quantitative estimate of drug-likeness (QED) is 0.289. The Bertz CT molecular complexity index is 60.0. The predicted molar refractivity (Wildman–Crippen MR) is 36.7 cm³/mol. The van der Waals surface area contributed by atoms with Crippen LogP contribution in [0.1, 0.15) is 6.92 Å². The van der Waals surface area contributed by atoms with Gasteiger partial charge in [0.2, 0.25) is 0 Å². The molecule has 0 bridgehead atoms. The van der Waals surface area contributed by atoms with Crippen LogP contribution in [-0.4, -0.2) is 12.7 Å². The molecule has 0 unspecified atom stereocenters. The molecule has 0 fully saturated rings. The number of hydrogen-bond acceptors (Lipinski definition) is 1. The Hall–Kier alpha value is 1.13. The Kier molecular flexibility index (Phi) is 31.5. The second kappa shape index (κ2) is 15.7. The summed E-state index contributed by atoms with van der Waals surface area (Å²) in [4.78, 5) is -0.222. The topological polar surface area (TPSA) is 23.8 Å². The van der Waals surface area contributed by atoms with Crippen LogP contribution in [-0.2, 0) is 0 Å². The number of nitrogens with zero attached hydrogens (tertiary/aromatic N) is 1. The Labute approximate surface area is 83.0 Å². The van der Waals surface area contributed by atoms with Gasteiger partial charge in [0, 0.05) is 0 Å². The van der Waals surface area contributed by atoms with Crippen molar-refractivity contribution in [2.24, 2.45) is 0 Å². The van der Waals surface area contributed by atoms with Gasteiger partial charge < -0.3 is 0 Å². The van der Waals surface area contributed by atoms with E-state index in [-0.39, 0.29) is 42.2 Å². The van der Waals surface area contributed by atoms with E-state index in [2.05, 4.69) is 0 Å². The molecule has 0 aromatic rings. The van der Waals surface area contributed by atoms with E-state index >= 15 is 0 Å². The maximum atomic E-state index is 7.43. The van der Waals surface area contributed by atoms with E-state index in [1.165, 1.54) is 0 Å². The smallest absolute Gasteiger partial charge is 0.251 e. The molecule has 42 valence electrons. The van der Waals surface area contributed by atoms with Gasteiger partial charge in [-0.3, -0.25) is 5.26 Å². The van der Waals surface area contributed by atoms with E-state index in [9.17, 15) is 0 Å². The van der Waals surface area contributed by atoms with Crippen molar-refractivity contribution in [3.05, 3.63) is 0 Å². The molecule has 0 aromatic heterocycles. The third kappa shape index (κ3) is 208. The van der Waals surface area contributed by atoms with Gasteiger partial charge in [0.05, 0.1) is 7.85 Å². The Morgan fingerprint density at radius 1 is 1.62 bits per heavy atom. The van der Waals surface area contributed by atoms with Crippen molar-refractivity contribution >= 4 is 31.0 Å². The molecular weight excluding hydrogens is 155 g/mol. The molecule has 8 heavy (non-hydrogen) atoms. The van der Waals surface area contributed by atoms with Crippen molar-refractivity contribution in [1.29, 1.82) is 5.26 Å². The zero-order valence-corrected chi connectivity index (χ0v) is 7.79. The van der Waals surface area contributed by atoms with E-state index in [0.29, 0.717) is 0 Å². The fraction of sp³-hybridized carbons (Fsp3) is 0.667. The van der Waals surface area contributed by atoms with Crippen LogP contribution in [0.4, 0.5) is 0 Å². The van der Waals surface area contributed by atoms with Crippen LogP contribution in [0.15, 0.2) is 0 Å². The predicted octanol–water partition coefficient (Wildman–Crippen LogP) is -2.35. The number of halogens is 2. The van der Waals surface area contributed by atoms with Crippen LogP contribution in [0.25, 0.3) is 0 Å². The molecule has 0 N–H and O–H groups in total. The van der Waals surface area contributed by atoms with Crippen molar-refractivity contribution in [2.75, 3.05) is 0 Å². The zero-order chi connectivity index (χ0) is 6.28. The molecule has 0 aliphatic heterocycles. The number of rotatable bonds is 0. The molecule has 0 amide bonds. The number of nitriles is 1. The standard InChI is InChI=1S/C2H4Cl2.CH3BN.Na/c1-2(3)4;2-1-3;/h2H,1H3;2H3;/q;-1;+1. The average Bonchev–Trinajstić information content (AvgIpc) is 1.33. The first-order valence-corrected chi connectivity index (χ1v) is 2.11. The van der Waals surface area contributed by atoms with Crippen LogP contribution in [0.3, 0.4) is 0 Å². The number of alkyl halides is 2. The maximum absolute atomic E-state index is 7.43. The minimum Gasteiger partial charge on any atom is -0.251 e. The summed E-state index contributed by atoms with van der Waals surface area (Å²) in [6.45, 7) is 1.70. The van der Waals surface area contributed by atoms with Crippen LogP contribution in [0.5, 0.6) is 0 Å². The fourth-order valence-electron chi connectivity index (χ4n) is 0. The summed E-state index contributed by atoms with van der Waals surface area (Å²) < 4.78 is 0. The van der Waals surface area contributed by atoms with Crippen molar-refractivity contribution in [3.63, 3.8) is 0 Å². The monoisotopic (exact) mass is 161 g/mol. The van der Waals surface area contributed by atoms with Crippen molar-refractivity contribution in [1.82, 2.24) is 0 Å². The summed E-state index contributed by atoms with van der Waals surface area (Å²) in [5, 5.41) is 7.43. The molecule has 0 heterocycles. The van der Waals surface area contributed by atoms with Crippen molar-refractivity contribution in [2.45, 2.75) is 11.8 Å². The molecule has 0 aliphatic carbocycles. The molecule has 0 radical (unpaired) electrons. The second-order valence-corrected chi connectivity index (χ2v) is 2.05. The summed E-state index contributed by atoms with van der Waals surface area (Å²) in [6.07, 6.45) is 0. The van der Waals surface area contributed by atoms with Crippen molar-refractivity contribution in [3.8, 4) is 5.97 Å². The van der Waals surface area contributed by atoms with E-state index in [1.54, 1.807) is 6.92 Å². The van der Waals surface area contributed by atoms with Gasteiger partial charge in [-0.2, -0.15) is 5.97 Å². The molecule has 0 aromatic carbocycles. The van der Waals surface area contributed by atoms with Gasteiger partial charge in [0.1, 0.15) is 4.84 Å². The minimum atomic E-state index is -0.222. The summed E-state index contributed by atoms with van der Waals surface area (Å²) in [5.74, 6) is 2.00. The SMILES string of the molecule is CC(Cl)Cl.[BH3-]C#N.[Na+]. The summed E-state index contributed by atoms with van der Waals surface area (Å²) >= 11 is 10.1. The van der Waals surface area contributed by atoms with Crippen molar-refractivity contribution < 1.29 is 29.6 Å². The molecule has 0 atom stereocenters. The number of hydrogen-bond donors (Lipinski definition) is 0. The van der Waals surface area contributed by atoms with Gasteiger partial charge in [0.25, 0.3) is 0 Å². The van der Waals surface area contributed by atoms with Crippen LogP contribution >= 0.6 is 23.2 Å². The fourth-order valence-corrected chi connectivity index (χ4v) is 0. The van der Waals surface area contributed by atoms with Gasteiger partial charge in [-0.25, -0.2) is 0 Å². The van der Waals surface area contributed by atoms with Crippen LogP contribution in [0, 0.1) is 11.2 Å². The minimum absolute atomic E-state index is 0. The van der Waals surface area contributed by atoms with Crippen LogP contribution < -0.4 is 29.6 Å². The molecular formula is C3H7BCl2NNa.